The molecule has 7 heteroatoms. The number of fused-ring (bicyclic) bond motifs is 1. The highest BCUT2D eigenvalue weighted by atomic mass is 19.1. The third-order valence-electron chi connectivity index (χ3n) is 5.81. The van der Waals surface area contributed by atoms with Crippen LogP contribution in [0.5, 0.6) is 5.88 Å². The molecule has 0 bridgehead atoms. The molecule has 3 fully saturated rings. The van der Waals surface area contributed by atoms with Crippen LogP contribution >= 0.6 is 0 Å². The van der Waals surface area contributed by atoms with Crippen LogP contribution in [0.15, 0.2) is 18.3 Å². The Labute approximate surface area is 151 Å². The zero-order valence-corrected chi connectivity index (χ0v) is 14.6. The molecular formula is C19H22FN3O3. The molecule has 2 saturated heterocycles. The Morgan fingerprint density at radius 3 is 2.96 bits per heavy atom. The summed E-state index contributed by atoms with van der Waals surface area (Å²) >= 11 is 0. The molecule has 138 valence electrons. The third kappa shape index (κ3) is 2.82. The van der Waals surface area contributed by atoms with E-state index in [1.807, 2.05) is 0 Å². The summed E-state index contributed by atoms with van der Waals surface area (Å²) in [6.07, 6.45) is 5.36. The number of carbonyl (C=O) groups is 1. The average molecular weight is 359 g/mol. The first kappa shape index (κ1) is 17.2. The predicted octanol–water partition coefficient (Wildman–Crippen LogP) is 2.44. The van der Waals surface area contributed by atoms with Crippen molar-refractivity contribution in [1.29, 1.82) is 5.26 Å². The van der Waals surface area contributed by atoms with E-state index in [0.29, 0.717) is 26.0 Å². The van der Waals surface area contributed by atoms with Gasteiger partial charge in [0, 0.05) is 12.8 Å². The minimum Gasteiger partial charge on any atom is -0.468 e. The maximum atomic E-state index is 13.9. The van der Waals surface area contributed by atoms with E-state index < -0.39 is 17.3 Å². The van der Waals surface area contributed by atoms with Crippen molar-refractivity contribution in [2.45, 2.75) is 56.8 Å². The van der Waals surface area contributed by atoms with Crippen LogP contribution in [0.25, 0.3) is 0 Å². The van der Waals surface area contributed by atoms with E-state index in [2.05, 4.69) is 11.1 Å². The Hall–Kier alpha value is -2.20. The van der Waals surface area contributed by atoms with Crippen LogP contribution in [-0.2, 0) is 9.53 Å². The van der Waals surface area contributed by atoms with Crippen molar-refractivity contribution in [2.75, 3.05) is 13.2 Å². The maximum Gasteiger partial charge on any atom is 0.250 e. The average Bonchev–Trinajstić information content (AvgIpc) is 3.29. The number of rotatable bonds is 3. The molecule has 6 nitrogen and oxygen atoms in total. The molecule has 0 N–H and O–H groups in total. The van der Waals surface area contributed by atoms with Crippen molar-refractivity contribution in [2.24, 2.45) is 5.41 Å². The van der Waals surface area contributed by atoms with Crippen LogP contribution in [0.4, 0.5) is 4.39 Å². The molecule has 0 spiro atoms. The molecule has 0 aromatic carbocycles. The fourth-order valence-corrected chi connectivity index (χ4v) is 4.47. The summed E-state index contributed by atoms with van der Waals surface area (Å²) in [5.74, 6) is -0.727. The van der Waals surface area contributed by atoms with Gasteiger partial charge in [0.1, 0.15) is 17.6 Å². The molecule has 3 heterocycles. The van der Waals surface area contributed by atoms with Gasteiger partial charge >= 0.3 is 0 Å². The fourth-order valence-electron chi connectivity index (χ4n) is 4.47. The van der Waals surface area contributed by atoms with Gasteiger partial charge in [0.2, 0.25) is 5.91 Å². The second kappa shape index (κ2) is 6.84. The Balaban J connectivity index is 1.58. The van der Waals surface area contributed by atoms with Gasteiger partial charge in [-0.15, -0.1) is 0 Å². The molecule has 1 amide bonds. The zero-order chi connectivity index (χ0) is 18.1. The number of amides is 1. The van der Waals surface area contributed by atoms with Crippen LogP contribution < -0.4 is 4.74 Å². The lowest BCUT2D eigenvalue weighted by atomic mass is 9.86. The van der Waals surface area contributed by atoms with Crippen LogP contribution in [0.1, 0.15) is 38.5 Å². The number of hydrogen-bond acceptors (Lipinski definition) is 5. The van der Waals surface area contributed by atoms with Gasteiger partial charge < -0.3 is 14.4 Å². The minimum atomic E-state index is -0.923. The number of likely N-dealkylation sites (tertiary alicyclic amines) is 1. The van der Waals surface area contributed by atoms with E-state index in [-0.39, 0.29) is 23.9 Å². The van der Waals surface area contributed by atoms with Crippen molar-refractivity contribution < 1.29 is 18.7 Å². The Morgan fingerprint density at radius 2 is 2.23 bits per heavy atom. The first-order valence-electron chi connectivity index (χ1n) is 9.26. The van der Waals surface area contributed by atoms with Crippen LogP contribution in [-0.4, -0.2) is 47.2 Å². The third-order valence-corrected chi connectivity index (χ3v) is 5.81. The molecule has 1 aliphatic carbocycles. The van der Waals surface area contributed by atoms with Crippen molar-refractivity contribution in [3.05, 3.63) is 24.1 Å². The number of ether oxygens (including phenoxy) is 2. The van der Waals surface area contributed by atoms with Gasteiger partial charge in [-0.3, -0.25) is 4.79 Å². The van der Waals surface area contributed by atoms with Gasteiger partial charge in [0.05, 0.1) is 18.7 Å². The zero-order valence-electron chi connectivity index (χ0n) is 14.6. The lowest BCUT2D eigenvalue weighted by Crippen LogP contribution is -2.48. The Bertz CT molecular complexity index is 729. The number of aromatic nitrogens is 1. The number of nitrogens with zero attached hydrogens (tertiary/aromatic N) is 3. The van der Waals surface area contributed by atoms with Crippen molar-refractivity contribution in [3.8, 4) is 11.9 Å². The number of nitriles is 1. The van der Waals surface area contributed by atoms with Crippen molar-refractivity contribution >= 4 is 5.91 Å². The molecule has 26 heavy (non-hydrogen) atoms. The SMILES string of the molecule is N#CC1(C(=O)N2C[C@H](Oc3ncccc3F)[C@H]3OCCC[C@H]32)CCCC1. The van der Waals surface area contributed by atoms with Gasteiger partial charge in [-0.1, -0.05) is 12.8 Å². The summed E-state index contributed by atoms with van der Waals surface area (Å²) in [4.78, 5) is 18.9. The summed E-state index contributed by atoms with van der Waals surface area (Å²) in [6.45, 7) is 0.894. The molecule has 4 rings (SSSR count). The quantitative estimate of drug-likeness (QED) is 0.829. The number of pyridine rings is 1. The Kier molecular flexibility index (Phi) is 4.53. The highest BCUT2D eigenvalue weighted by Gasteiger charge is 2.53. The summed E-state index contributed by atoms with van der Waals surface area (Å²) in [5.41, 5.74) is -0.923. The molecule has 2 aliphatic heterocycles. The Morgan fingerprint density at radius 1 is 1.42 bits per heavy atom. The second-order valence-electron chi connectivity index (χ2n) is 7.35. The monoisotopic (exact) mass is 359 g/mol. The van der Waals surface area contributed by atoms with E-state index in [0.717, 1.165) is 25.7 Å². The smallest absolute Gasteiger partial charge is 0.250 e. The van der Waals surface area contributed by atoms with Gasteiger partial charge in [0.15, 0.2) is 5.82 Å². The van der Waals surface area contributed by atoms with Crippen molar-refractivity contribution in [1.82, 2.24) is 9.88 Å². The normalized spacial score (nSPS) is 29.8. The summed E-state index contributed by atoms with van der Waals surface area (Å²) in [7, 11) is 0. The summed E-state index contributed by atoms with van der Waals surface area (Å²) in [6, 6.07) is 4.95. The molecule has 3 atom stereocenters. The largest absolute Gasteiger partial charge is 0.468 e. The molecule has 0 radical (unpaired) electrons. The molecule has 0 unspecified atom stereocenters. The maximum absolute atomic E-state index is 13.9. The van der Waals surface area contributed by atoms with E-state index in [1.54, 1.807) is 4.90 Å². The molecule has 1 aromatic rings. The van der Waals surface area contributed by atoms with E-state index in [1.165, 1.54) is 18.3 Å². The van der Waals surface area contributed by atoms with Gasteiger partial charge in [-0.05, 0) is 37.8 Å². The minimum absolute atomic E-state index is 0.0735. The summed E-state index contributed by atoms with van der Waals surface area (Å²) in [5, 5.41) is 9.66. The molecular weight excluding hydrogens is 337 g/mol. The van der Waals surface area contributed by atoms with E-state index in [9.17, 15) is 14.4 Å². The number of halogens is 1. The lowest BCUT2D eigenvalue weighted by Gasteiger charge is -2.34. The standard InChI is InChI=1S/C19H22FN3O3/c20-13-5-3-9-22-17(13)26-15-11-23(14-6-4-10-25-16(14)15)18(24)19(12-21)7-1-2-8-19/h3,5,9,14-16H,1-2,4,6-8,10-11H2/t14-,15+,16+/m1/s1. The first-order chi connectivity index (χ1) is 12.6. The second-order valence-corrected chi connectivity index (χ2v) is 7.35. The molecule has 1 aromatic heterocycles. The predicted molar refractivity (Wildman–Crippen MR) is 89.6 cm³/mol. The molecule has 1 saturated carbocycles. The van der Waals surface area contributed by atoms with E-state index >= 15 is 0 Å². The lowest BCUT2D eigenvalue weighted by molar-refractivity contribution is -0.142. The first-order valence-corrected chi connectivity index (χ1v) is 9.26. The summed E-state index contributed by atoms with van der Waals surface area (Å²) < 4.78 is 25.6. The van der Waals surface area contributed by atoms with Crippen LogP contribution in [0.3, 0.4) is 0 Å². The fraction of sp³-hybridized carbons (Fsp3) is 0.632. The van der Waals surface area contributed by atoms with Crippen LogP contribution in [0, 0.1) is 22.6 Å². The van der Waals surface area contributed by atoms with Gasteiger partial charge in [0.25, 0.3) is 5.88 Å². The molecule has 3 aliphatic rings. The number of hydrogen-bond donors (Lipinski definition) is 0. The van der Waals surface area contributed by atoms with E-state index in [4.69, 9.17) is 9.47 Å². The highest BCUT2D eigenvalue weighted by Crippen LogP contribution is 2.42. The van der Waals surface area contributed by atoms with Gasteiger partial charge in [-0.2, -0.15) is 5.26 Å². The topological polar surface area (TPSA) is 75.5 Å². The van der Waals surface area contributed by atoms with Gasteiger partial charge in [-0.25, -0.2) is 9.37 Å². The van der Waals surface area contributed by atoms with Crippen LogP contribution in [0.2, 0.25) is 0 Å². The highest BCUT2D eigenvalue weighted by molar-refractivity contribution is 5.86. The number of carbonyl (C=O) groups excluding carboxylic acids is 1. The van der Waals surface area contributed by atoms with Crippen molar-refractivity contribution in [3.63, 3.8) is 0 Å².